The van der Waals surface area contributed by atoms with Crippen molar-refractivity contribution in [1.82, 2.24) is 0 Å². The molecular formula is C15H21IO2. The molecule has 0 N–H and O–H groups in total. The van der Waals surface area contributed by atoms with Crippen LogP contribution < -0.4 is 0 Å². The number of hydrogen-bond donors (Lipinski definition) is 0. The Morgan fingerprint density at radius 3 is 3.17 bits per heavy atom. The molecule has 0 amide bonds. The maximum absolute atomic E-state index is 6.31. The van der Waals surface area contributed by atoms with Gasteiger partial charge in [0.05, 0.1) is 5.60 Å². The van der Waals surface area contributed by atoms with Crippen LogP contribution in [0.15, 0.2) is 22.3 Å². The standard InChI is InChI=1S/C15H21IO2/c16-9-4-5-12-11-15(8-3-6-13(12)15)18-14-7-1-2-10-17-14/h3-4,8-9,12-14H,1-2,5-7,10-11H2. The smallest absolute Gasteiger partial charge is 0.158 e. The highest BCUT2D eigenvalue weighted by atomic mass is 127. The first-order valence-corrected chi connectivity index (χ1v) is 8.31. The minimum Gasteiger partial charge on any atom is -0.353 e. The van der Waals surface area contributed by atoms with Crippen molar-refractivity contribution in [2.75, 3.05) is 6.61 Å². The summed E-state index contributed by atoms with van der Waals surface area (Å²) in [5, 5.41) is 0. The monoisotopic (exact) mass is 360 g/mol. The van der Waals surface area contributed by atoms with E-state index in [4.69, 9.17) is 9.47 Å². The predicted octanol–water partition coefficient (Wildman–Crippen LogP) is 4.20. The van der Waals surface area contributed by atoms with Crippen LogP contribution in [0.25, 0.3) is 0 Å². The van der Waals surface area contributed by atoms with E-state index in [2.05, 4.69) is 44.9 Å². The third-order valence-corrected chi connectivity index (χ3v) is 5.09. The lowest BCUT2D eigenvalue weighted by molar-refractivity contribution is -0.257. The van der Waals surface area contributed by atoms with Crippen LogP contribution in [0.3, 0.4) is 0 Å². The first-order valence-electron chi connectivity index (χ1n) is 7.06. The first kappa shape index (κ1) is 13.1. The van der Waals surface area contributed by atoms with Gasteiger partial charge in [0.25, 0.3) is 0 Å². The van der Waals surface area contributed by atoms with Gasteiger partial charge >= 0.3 is 0 Å². The molecule has 2 aliphatic carbocycles. The Kier molecular flexibility index (Phi) is 4.11. The van der Waals surface area contributed by atoms with Gasteiger partial charge in [-0.15, -0.1) is 0 Å². The van der Waals surface area contributed by atoms with Crippen molar-refractivity contribution < 1.29 is 9.47 Å². The molecule has 0 bridgehead atoms. The van der Waals surface area contributed by atoms with Crippen LogP contribution in [0.5, 0.6) is 0 Å². The SMILES string of the molecule is IC=CCC1CC2(OC3CCCCO3)C=CCC12. The summed E-state index contributed by atoms with van der Waals surface area (Å²) < 4.78 is 14.2. The van der Waals surface area contributed by atoms with E-state index < -0.39 is 0 Å². The quantitative estimate of drug-likeness (QED) is 0.553. The van der Waals surface area contributed by atoms with Crippen LogP contribution in [0, 0.1) is 11.8 Å². The van der Waals surface area contributed by atoms with Crippen LogP contribution in [-0.2, 0) is 9.47 Å². The highest BCUT2D eigenvalue weighted by molar-refractivity contribution is 14.1. The zero-order valence-electron chi connectivity index (χ0n) is 10.7. The normalized spacial score (nSPS) is 43.1. The van der Waals surface area contributed by atoms with Gasteiger partial charge in [-0.1, -0.05) is 40.8 Å². The lowest BCUT2D eigenvalue weighted by Crippen LogP contribution is -2.54. The summed E-state index contributed by atoms with van der Waals surface area (Å²) in [5.41, 5.74) is 0.0196. The van der Waals surface area contributed by atoms with Gasteiger partial charge < -0.3 is 9.47 Å². The third-order valence-electron chi connectivity index (χ3n) is 4.58. The van der Waals surface area contributed by atoms with Gasteiger partial charge in [-0.2, -0.15) is 0 Å². The fraction of sp³-hybridized carbons (Fsp3) is 0.733. The zero-order valence-corrected chi connectivity index (χ0v) is 12.8. The summed E-state index contributed by atoms with van der Waals surface area (Å²) in [4.78, 5) is 0. The molecule has 3 aliphatic rings. The van der Waals surface area contributed by atoms with E-state index in [1.54, 1.807) is 0 Å². The fourth-order valence-corrected chi connectivity index (χ4v) is 3.93. The Morgan fingerprint density at radius 1 is 1.44 bits per heavy atom. The summed E-state index contributed by atoms with van der Waals surface area (Å²) in [6.45, 7) is 0.871. The molecule has 2 nitrogen and oxygen atoms in total. The highest BCUT2D eigenvalue weighted by Gasteiger charge is 2.55. The minimum absolute atomic E-state index is 0.0196. The van der Waals surface area contributed by atoms with E-state index in [1.807, 2.05) is 0 Å². The molecule has 18 heavy (non-hydrogen) atoms. The average Bonchev–Trinajstić information content (AvgIpc) is 2.70. The Balaban J connectivity index is 1.59. The van der Waals surface area contributed by atoms with Crippen LogP contribution in [0.2, 0.25) is 0 Å². The van der Waals surface area contributed by atoms with Crippen LogP contribution in [-0.4, -0.2) is 18.5 Å². The molecule has 0 radical (unpaired) electrons. The minimum atomic E-state index is 0.0196. The van der Waals surface area contributed by atoms with Gasteiger partial charge in [0, 0.05) is 6.61 Å². The maximum Gasteiger partial charge on any atom is 0.158 e. The second-order valence-corrected chi connectivity index (χ2v) is 6.39. The van der Waals surface area contributed by atoms with Gasteiger partial charge in [0.15, 0.2) is 6.29 Å². The molecule has 1 saturated carbocycles. The van der Waals surface area contributed by atoms with Crippen LogP contribution >= 0.6 is 22.6 Å². The molecule has 4 unspecified atom stereocenters. The molecule has 0 aromatic heterocycles. The molecular weight excluding hydrogens is 339 g/mol. The van der Waals surface area contributed by atoms with Crippen molar-refractivity contribution in [1.29, 1.82) is 0 Å². The van der Waals surface area contributed by atoms with Gasteiger partial charge in [-0.25, -0.2) is 0 Å². The Hall–Kier alpha value is 0.130. The molecule has 1 aliphatic heterocycles. The second-order valence-electron chi connectivity index (χ2n) is 5.68. The molecule has 4 atom stereocenters. The summed E-state index contributed by atoms with van der Waals surface area (Å²) >= 11 is 2.30. The predicted molar refractivity (Wildman–Crippen MR) is 80.5 cm³/mol. The van der Waals surface area contributed by atoms with E-state index in [0.717, 1.165) is 18.9 Å². The topological polar surface area (TPSA) is 18.5 Å². The summed E-state index contributed by atoms with van der Waals surface area (Å²) in [6, 6.07) is 0. The van der Waals surface area contributed by atoms with Gasteiger partial charge in [0.2, 0.25) is 0 Å². The van der Waals surface area contributed by atoms with Gasteiger partial charge in [0.1, 0.15) is 0 Å². The van der Waals surface area contributed by atoms with E-state index in [0.29, 0.717) is 5.92 Å². The average molecular weight is 360 g/mol. The third kappa shape index (κ3) is 2.41. The molecule has 0 aromatic rings. The summed E-state index contributed by atoms with van der Waals surface area (Å²) in [7, 11) is 0. The van der Waals surface area contributed by atoms with Gasteiger partial charge in [-0.05, 0) is 54.4 Å². The summed E-state index contributed by atoms with van der Waals surface area (Å²) in [5.74, 6) is 1.49. The van der Waals surface area contributed by atoms with E-state index >= 15 is 0 Å². The van der Waals surface area contributed by atoms with E-state index in [9.17, 15) is 0 Å². The highest BCUT2D eigenvalue weighted by Crippen LogP contribution is 2.55. The van der Waals surface area contributed by atoms with Gasteiger partial charge in [-0.3, -0.25) is 0 Å². The number of fused-ring (bicyclic) bond motifs is 1. The zero-order chi connectivity index (χ0) is 12.4. The Bertz CT molecular complexity index is 346. The second kappa shape index (κ2) is 5.63. The first-order chi connectivity index (χ1) is 8.84. The lowest BCUT2D eigenvalue weighted by Gasteiger charge is -2.52. The number of allylic oxidation sites excluding steroid dienone is 2. The molecule has 0 spiro atoms. The Labute approximate surface area is 123 Å². The van der Waals surface area contributed by atoms with Crippen molar-refractivity contribution in [2.24, 2.45) is 11.8 Å². The summed E-state index contributed by atoms with van der Waals surface area (Å²) in [6.07, 6.45) is 14.0. The molecule has 3 heteroatoms. The lowest BCUT2D eigenvalue weighted by atomic mass is 9.61. The van der Waals surface area contributed by atoms with Crippen molar-refractivity contribution in [3.05, 3.63) is 22.3 Å². The largest absolute Gasteiger partial charge is 0.353 e. The Morgan fingerprint density at radius 2 is 2.39 bits per heavy atom. The number of rotatable bonds is 4. The molecule has 1 saturated heterocycles. The molecule has 2 fully saturated rings. The van der Waals surface area contributed by atoms with Crippen LogP contribution in [0.1, 0.15) is 38.5 Å². The van der Waals surface area contributed by atoms with E-state index in [1.165, 1.54) is 32.1 Å². The fourth-order valence-electron chi connectivity index (χ4n) is 3.64. The molecule has 100 valence electrons. The molecule has 1 heterocycles. The number of hydrogen-bond acceptors (Lipinski definition) is 2. The van der Waals surface area contributed by atoms with Crippen molar-refractivity contribution in [3.8, 4) is 0 Å². The van der Waals surface area contributed by atoms with Crippen LogP contribution in [0.4, 0.5) is 0 Å². The van der Waals surface area contributed by atoms with Crippen molar-refractivity contribution in [2.45, 2.75) is 50.4 Å². The number of ether oxygens (including phenoxy) is 2. The van der Waals surface area contributed by atoms with Crippen molar-refractivity contribution >= 4 is 22.6 Å². The number of halogens is 1. The molecule has 0 aromatic carbocycles. The van der Waals surface area contributed by atoms with Crippen molar-refractivity contribution in [3.63, 3.8) is 0 Å². The molecule has 3 rings (SSSR count). The van der Waals surface area contributed by atoms with E-state index in [-0.39, 0.29) is 11.9 Å². The maximum atomic E-state index is 6.31.